The highest BCUT2D eigenvalue weighted by atomic mass is 31.2. The maximum atomic E-state index is 13.0. The number of carbonyl (C=O) groups is 1. The number of likely N-dealkylation sites (N-methyl/N-ethyl adjacent to an activating group) is 1. The highest BCUT2D eigenvalue weighted by Gasteiger charge is 2.27. The van der Waals surface area contributed by atoms with Crippen LogP contribution in [0.5, 0.6) is 0 Å². The van der Waals surface area contributed by atoms with Crippen LogP contribution in [0.4, 0.5) is 0 Å². The van der Waals surface area contributed by atoms with Gasteiger partial charge in [-0.25, -0.2) is 4.57 Å². The number of phosphoric ester groups is 1. The molecule has 9 heteroatoms. The molecule has 426 valence electrons. The molecule has 0 saturated carbocycles. The smallest absolute Gasteiger partial charge is 0.387 e. The molecule has 0 saturated heterocycles. The third kappa shape index (κ3) is 56.9. The average Bonchev–Trinajstić information content (AvgIpc) is 3.36. The summed E-state index contributed by atoms with van der Waals surface area (Å²) in [6, 6.07) is -0.878. The molecule has 0 bridgehead atoms. The number of amides is 1. The van der Waals surface area contributed by atoms with E-state index in [0.717, 1.165) is 83.5 Å². The molecule has 0 fully saturated rings. The second-order valence-electron chi connectivity index (χ2n) is 21.3. The minimum Gasteiger partial charge on any atom is -0.387 e. The van der Waals surface area contributed by atoms with Crippen LogP contribution in [0.2, 0.25) is 0 Å². The number of aliphatic hydroxyl groups is 1. The number of phosphoric acid groups is 1. The number of rotatable bonds is 54. The van der Waals surface area contributed by atoms with Gasteiger partial charge in [-0.15, -0.1) is 0 Å². The Morgan fingerprint density at radius 2 is 0.824 bits per heavy atom. The Morgan fingerprint density at radius 3 is 1.24 bits per heavy atom. The number of aliphatic hydroxyl groups excluding tert-OH is 1. The fourth-order valence-electron chi connectivity index (χ4n) is 8.25. The van der Waals surface area contributed by atoms with Gasteiger partial charge in [-0.2, -0.15) is 0 Å². The maximum absolute atomic E-state index is 13.0. The van der Waals surface area contributed by atoms with Gasteiger partial charge < -0.3 is 19.8 Å². The first-order valence-electron chi connectivity index (χ1n) is 30.3. The van der Waals surface area contributed by atoms with Crippen LogP contribution in [-0.2, 0) is 18.4 Å². The predicted molar refractivity (Wildman–Crippen MR) is 322 cm³/mol. The van der Waals surface area contributed by atoms with Crippen LogP contribution in [0.15, 0.2) is 109 Å². The molecule has 74 heavy (non-hydrogen) atoms. The van der Waals surface area contributed by atoms with E-state index < -0.39 is 20.0 Å². The van der Waals surface area contributed by atoms with Gasteiger partial charge >= 0.3 is 7.82 Å². The fourth-order valence-corrected chi connectivity index (χ4v) is 8.99. The van der Waals surface area contributed by atoms with Gasteiger partial charge in [-0.1, -0.05) is 252 Å². The van der Waals surface area contributed by atoms with Crippen molar-refractivity contribution in [2.75, 3.05) is 40.9 Å². The Balaban J connectivity index is 4.24. The molecule has 1 amide bonds. The third-order valence-corrected chi connectivity index (χ3v) is 13.9. The van der Waals surface area contributed by atoms with Gasteiger partial charge in [0.1, 0.15) is 13.2 Å². The van der Waals surface area contributed by atoms with Crippen LogP contribution in [-0.4, -0.2) is 73.4 Å². The van der Waals surface area contributed by atoms with Crippen LogP contribution in [0.1, 0.15) is 245 Å². The average molecular weight is 1050 g/mol. The molecule has 0 aromatic rings. The second-order valence-corrected chi connectivity index (χ2v) is 22.8. The van der Waals surface area contributed by atoms with Crippen molar-refractivity contribution in [3.05, 3.63) is 109 Å². The van der Waals surface area contributed by atoms with Crippen molar-refractivity contribution in [2.45, 2.75) is 257 Å². The highest BCUT2D eigenvalue weighted by molar-refractivity contribution is 7.47. The van der Waals surface area contributed by atoms with Gasteiger partial charge in [-0.05, 0) is 96.3 Å². The number of unbranched alkanes of at least 4 members (excludes halogenated alkanes) is 25. The largest absolute Gasteiger partial charge is 0.472 e. The molecule has 0 aliphatic heterocycles. The van der Waals surface area contributed by atoms with Gasteiger partial charge in [0.05, 0.1) is 39.9 Å². The lowest BCUT2D eigenvalue weighted by atomic mass is 10.0. The lowest BCUT2D eigenvalue weighted by molar-refractivity contribution is -0.870. The zero-order valence-electron chi connectivity index (χ0n) is 48.5. The molecule has 0 rings (SSSR count). The van der Waals surface area contributed by atoms with Crippen molar-refractivity contribution < 1.29 is 32.9 Å². The van der Waals surface area contributed by atoms with E-state index in [0.29, 0.717) is 17.4 Å². The summed E-state index contributed by atoms with van der Waals surface area (Å²) in [6.45, 7) is 4.67. The van der Waals surface area contributed by atoms with Gasteiger partial charge in [0, 0.05) is 6.42 Å². The number of nitrogens with zero attached hydrogens (tertiary/aromatic N) is 1. The van der Waals surface area contributed by atoms with Crippen LogP contribution < -0.4 is 5.32 Å². The summed E-state index contributed by atoms with van der Waals surface area (Å²) in [5.41, 5.74) is 0. The molecular formula is C65H116N2O6P+. The van der Waals surface area contributed by atoms with E-state index in [1.54, 1.807) is 6.08 Å². The minimum absolute atomic E-state index is 0.0485. The molecule has 0 aromatic heterocycles. The summed E-state index contributed by atoms with van der Waals surface area (Å²) >= 11 is 0. The summed E-state index contributed by atoms with van der Waals surface area (Å²) in [6.07, 6.45) is 80.5. The number of nitrogens with one attached hydrogen (secondary N) is 1. The summed E-state index contributed by atoms with van der Waals surface area (Å²) < 4.78 is 23.7. The number of quaternary nitrogens is 1. The standard InChI is InChI=1S/C65H115N2O6P/c1-6-8-10-12-14-16-18-20-22-24-26-28-29-30-31-32-33-34-35-36-37-39-41-43-45-47-49-51-53-55-57-59-65(69)66-63(62-73-74(70,71)72-61-60-67(3,4)5)64(68)58-56-54-52-50-48-46-44-42-40-38-27-25-23-21-19-17-15-13-11-9-7-2/h8,10,14,16,20,22,26,28,30-31,33-34,40,42,48,50,56,58,63-64,68H,6-7,9,11-13,15,17-19,21,23-25,27,29,32,35-39,41,43-47,49,51-55,57,59-62H2,1-5H3,(H-,66,69,70,71)/p+1/b10-8-,16-14-,22-20-,28-26-,31-30-,34-33-,42-40+,50-48+,58-56+. The zero-order chi connectivity index (χ0) is 54.2. The van der Waals surface area contributed by atoms with Crippen LogP contribution >= 0.6 is 7.82 Å². The Labute approximate surface area is 457 Å². The van der Waals surface area contributed by atoms with E-state index in [-0.39, 0.29) is 19.1 Å². The van der Waals surface area contributed by atoms with Crippen molar-refractivity contribution in [3.8, 4) is 0 Å². The van der Waals surface area contributed by atoms with Crippen molar-refractivity contribution in [1.29, 1.82) is 0 Å². The van der Waals surface area contributed by atoms with Gasteiger partial charge in [0.2, 0.25) is 5.91 Å². The molecular weight excluding hydrogens is 936 g/mol. The highest BCUT2D eigenvalue weighted by Crippen LogP contribution is 2.43. The third-order valence-electron chi connectivity index (χ3n) is 13.0. The maximum Gasteiger partial charge on any atom is 0.472 e. The van der Waals surface area contributed by atoms with E-state index in [4.69, 9.17) is 9.05 Å². The van der Waals surface area contributed by atoms with E-state index in [1.165, 1.54) is 141 Å². The topological polar surface area (TPSA) is 105 Å². The number of allylic oxidation sites excluding steroid dienone is 17. The van der Waals surface area contributed by atoms with E-state index in [9.17, 15) is 19.4 Å². The van der Waals surface area contributed by atoms with Gasteiger partial charge in [-0.3, -0.25) is 13.8 Å². The van der Waals surface area contributed by atoms with E-state index >= 15 is 0 Å². The molecule has 3 N–H and O–H groups in total. The number of hydrogen-bond donors (Lipinski definition) is 3. The molecule has 3 unspecified atom stereocenters. The van der Waals surface area contributed by atoms with Gasteiger partial charge in [0.25, 0.3) is 0 Å². The lowest BCUT2D eigenvalue weighted by Gasteiger charge is -2.25. The summed E-state index contributed by atoms with van der Waals surface area (Å²) in [5, 5.41) is 13.9. The first kappa shape index (κ1) is 71.2. The predicted octanol–water partition coefficient (Wildman–Crippen LogP) is 18.8. The van der Waals surface area contributed by atoms with Crippen molar-refractivity contribution >= 4 is 13.7 Å². The summed E-state index contributed by atoms with van der Waals surface area (Å²) in [7, 11) is 1.53. The molecule has 0 spiro atoms. The van der Waals surface area contributed by atoms with Crippen LogP contribution in [0, 0.1) is 0 Å². The Morgan fingerprint density at radius 1 is 0.473 bits per heavy atom. The molecule has 0 aromatic carbocycles. The van der Waals surface area contributed by atoms with Crippen LogP contribution in [0.25, 0.3) is 0 Å². The zero-order valence-corrected chi connectivity index (χ0v) is 49.4. The molecule has 0 aliphatic rings. The fraction of sp³-hybridized carbons (Fsp3) is 0.708. The molecule has 3 atom stereocenters. The summed E-state index contributed by atoms with van der Waals surface area (Å²) in [4.78, 5) is 23.3. The Kier molecular flexibility index (Phi) is 52.8. The van der Waals surface area contributed by atoms with Crippen LogP contribution in [0.3, 0.4) is 0 Å². The molecule has 0 heterocycles. The van der Waals surface area contributed by atoms with Gasteiger partial charge in [0.15, 0.2) is 0 Å². The molecule has 0 radical (unpaired) electrons. The first-order valence-corrected chi connectivity index (χ1v) is 31.8. The van der Waals surface area contributed by atoms with E-state index in [1.807, 2.05) is 27.2 Å². The number of hydrogen-bond acceptors (Lipinski definition) is 5. The summed E-state index contributed by atoms with van der Waals surface area (Å²) in [5.74, 6) is -0.196. The molecule has 0 aliphatic carbocycles. The Hall–Kier alpha value is -2.84. The minimum atomic E-state index is -4.37. The van der Waals surface area contributed by atoms with Crippen molar-refractivity contribution in [3.63, 3.8) is 0 Å². The normalized spacial score (nSPS) is 14.6. The second kappa shape index (κ2) is 54.9. The SMILES string of the molecule is CC/C=C\C/C=C\C/C=C\C/C=C\C/C=C\C/C=C\CCCCCCCCCCCCCCC(=O)NC(COP(=O)(O)OCC[N+](C)(C)C)C(O)/C=C/CC/C=C/CC/C=C/CCCCCCCCCCCCC. The first-order chi connectivity index (χ1) is 36.0. The van der Waals surface area contributed by atoms with Crippen molar-refractivity contribution in [1.82, 2.24) is 5.32 Å². The Bertz CT molecular complexity index is 1570. The van der Waals surface area contributed by atoms with E-state index in [2.05, 4.69) is 116 Å². The van der Waals surface area contributed by atoms with Crippen molar-refractivity contribution in [2.24, 2.45) is 0 Å². The quantitative estimate of drug-likeness (QED) is 0.0243. The monoisotopic (exact) mass is 1050 g/mol. The molecule has 8 nitrogen and oxygen atoms in total. The number of carbonyl (C=O) groups excluding carboxylic acids is 1. The lowest BCUT2D eigenvalue weighted by Crippen LogP contribution is -2.45.